The quantitative estimate of drug-likeness (QED) is 0.854. The molecule has 0 unspecified atom stereocenters. The minimum Gasteiger partial charge on any atom is -0.338 e. The zero-order chi connectivity index (χ0) is 15.5. The highest BCUT2D eigenvalue weighted by Crippen LogP contribution is 2.19. The first-order valence-corrected chi connectivity index (χ1v) is 8.50. The lowest BCUT2D eigenvalue weighted by molar-refractivity contribution is 0.0768. The lowest BCUT2D eigenvalue weighted by Gasteiger charge is -2.19. The highest BCUT2D eigenvalue weighted by atomic mass is 32.2. The van der Waals surface area contributed by atoms with Crippen molar-refractivity contribution in [3.8, 4) is 5.69 Å². The van der Waals surface area contributed by atoms with Gasteiger partial charge in [-0.1, -0.05) is 12.1 Å². The van der Waals surface area contributed by atoms with Gasteiger partial charge in [-0.25, -0.2) is 9.07 Å². The molecule has 22 heavy (non-hydrogen) atoms. The summed E-state index contributed by atoms with van der Waals surface area (Å²) < 4.78 is 15.4. The number of hydrogen-bond donors (Lipinski definition) is 0. The Kier molecular flexibility index (Phi) is 4.47. The fourth-order valence-electron chi connectivity index (χ4n) is 2.61. The third kappa shape index (κ3) is 2.88. The van der Waals surface area contributed by atoms with Gasteiger partial charge in [0.2, 0.25) is 0 Å². The molecule has 1 fully saturated rings. The van der Waals surface area contributed by atoms with E-state index in [-0.39, 0.29) is 11.7 Å². The summed E-state index contributed by atoms with van der Waals surface area (Å²) >= 11 is 1.88. The van der Waals surface area contributed by atoms with Crippen LogP contribution >= 0.6 is 11.8 Å². The van der Waals surface area contributed by atoms with Crippen molar-refractivity contribution in [2.75, 3.05) is 24.6 Å². The summed E-state index contributed by atoms with van der Waals surface area (Å²) in [6.45, 7) is 3.34. The van der Waals surface area contributed by atoms with Crippen LogP contribution in [0.4, 0.5) is 4.39 Å². The Labute approximate surface area is 133 Å². The lowest BCUT2D eigenvalue weighted by Crippen LogP contribution is -2.33. The molecule has 3 rings (SSSR count). The van der Waals surface area contributed by atoms with Gasteiger partial charge in [-0.2, -0.15) is 16.9 Å². The Hall–Kier alpha value is -1.82. The minimum absolute atomic E-state index is 0.0115. The second-order valence-corrected chi connectivity index (χ2v) is 6.49. The molecular weight excluding hydrogens is 301 g/mol. The molecule has 0 N–H and O–H groups in total. The number of halogens is 1. The molecule has 1 amide bonds. The number of para-hydroxylation sites is 1. The maximum atomic E-state index is 13.9. The van der Waals surface area contributed by atoms with Crippen molar-refractivity contribution in [2.45, 2.75) is 13.3 Å². The van der Waals surface area contributed by atoms with Crippen LogP contribution in [0.5, 0.6) is 0 Å². The Morgan fingerprint density at radius 2 is 2.09 bits per heavy atom. The van der Waals surface area contributed by atoms with Gasteiger partial charge >= 0.3 is 0 Å². The Bertz CT molecular complexity index is 678. The van der Waals surface area contributed by atoms with Gasteiger partial charge in [-0.15, -0.1) is 0 Å². The molecule has 0 spiro atoms. The topological polar surface area (TPSA) is 38.1 Å². The van der Waals surface area contributed by atoms with Gasteiger partial charge in [0.1, 0.15) is 11.5 Å². The number of rotatable bonds is 2. The third-order valence-electron chi connectivity index (χ3n) is 3.83. The van der Waals surface area contributed by atoms with E-state index >= 15 is 0 Å². The SMILES string of the molecule is Cc1c(C(=O)N2CCCSCC2)cnn1-c1ccccc1F. The number of amides is 1. The highest BCUT2D eigenvalue weighted by Gasteiger charge is 2.22. The van der Waals surface area contributed by atoms with E-state index in [2.05, 4.69) is 5.10 Å². The van der Waals surface area contributed by atoms with Crippen molar-refractivity contribution in [3.05, 3.63) is 47.5 Å². The molecular formula is C16H18FN3OS. The summed E-state index contributed by atoms with van der Waals surface area (Å²) in [5, 5.41) is 4.21. The molecule has 1 aromatic carbocycles. The molecule has 0 saturated carbocycles. The maximum absolute atomic E-state index is 13.9. The van der Waals surface area contributed by atoms with Crippen molar-refractivity contribution in [1.29, 1.82) is 0 Å². The van der Waals surface area contributed by atoms with Crippen LogP contribution in [0.3, 0.4) is 0 Å². The Balaban J connectivity index is 1.90. The predicted molar refractivity (Wildman–Crippen MR) is 86.1 cm³/mol. The predicted octanol–water partition coefficient (Wildman–Crippen LogP) is 2.90. The summed E-state index contributed by atoms with van der Waals surface area (Å²) in [5.41, 5.74) is 1.59. The van der Waals surface area contributed by atoms with Gasteiger partial charge < -0.3 is 4.90 Å². The van der Waals surface area contributed by atoms with Gasteiger partial charge in [-0.05, 0) is 31.2 Å². The molecule has 116 valence electrons. The zero-order valence-electron chi connectivity index (χ0n) is 12.5. The second-order valence-electron chi connectivity index (χ2n) is 5.26. The Morgan fingerprint density at radius 3 is 2.91 bits per heavy atom. The van der Waals surface area contributed by atoms with E-state index in [4.69, 9.17) is 0 Å². The van der Waals surface area contributed by atoms with Crippen molar-refractivity contribution in [3.63, 3.8) is 0 Å². The van der Waals surface area contributed by atoms with E-state index in [0.717, 1.165) is 31.0 Å². The van der Waals surface area contributed by atoms with Crippen LogP contribution in [0.2, 0.25) is 0 Å². The van der Waals surface area contributed by atoms with E-state index in [0.29, 0.717) is 16.9 Å². The molecule has 1 saturated heterocycles. The average Bonchev–Trinajstić information content (AvgIpc) is 2.75. The second kappa shape index (κ2) is 6.52. The summed E-state index contributed by atoms with van der Waals surface area (Å²) in [6, 6.07) is 6.45. The van der Waals surface area contributed by atoms with Crippen LogP contribution in [0.1, 0.15) is 22.5 Å². The maximum Gasteiger partial charge on any atom is 0.257 e. The summed E-state index contributed by atoms with van der Waals surface area (Å²) in [7, 11) is 0. The first-order valence-electron chi connectivity index (χ1n) is 7.35. The molecule has 0 bridgehead atoms. The fourth-order valence-corrected chi connectivity index (χ4v) is 3.49. The molecule has 1 aliphatic rings. The molecule has 2 aromatic rings. The van der Waals surface area contributed by atoms with E-state index in [1.54, 1.807) is 31.3 Å². The molecule has 2 heterocycles. The van der Waals surface area contributed by atoms with Crippen molar-refractivity contribution >= 4 is 17.7 Å². The monoisotopic (exact) mass is 319 g/mol. The molecule has 1 aliphatic heterocycles. The summed E-state index contributed by atoms with van der Waals surface area (Å²) in [6.07, 6.45) is 2.55. The van der Waals surface area contributed by atoms with Crippen LogP contribution in [0.15, 0.2) is 30.5 Å². The minimum atomic E-state index is -0.348. The first kappa shape index (κ1) is 15.1. The Morgan fingerprint density at radius 1 is 1.27 bits per heavy atom. The van der Waals surface area contributed by atoms with Gasteiger partial charge in [0, 0.05) is 18.8 Å². The molecule has 1 aromatic heterocycles. The molecule has 0 atom stereocenters. The number of hydrogen-bond acceptors (Lipinski definition) is 3. The van der Waals surface area contributed by atoms with Gasteiger partial charge in [-0.3, -0.25) is 4.79 Å². The van der Waals surface area contributed by atoms with Gasteiger partial charge in [0.15, 0.2) is 0 Å². The number of carbonyl (C=O) groups excluding carboxylic acids is 1. The van der Waals surface area contributed by atoms with Crippen molar-refractivity contribution in [1.82, 2.24) is 14.7 Å². The fraction of sp³-hybridized carbons (Fsp3) is 0.375. The van der Waals surface area contributed by atoms with Crippen LogP contribution < -0.4 is 0 Å². The standard InChI is InChI=1S/C16H18FN3OS/c1-12-13(16(21)19-7-4-9-22-10-8-19)11-18-20(12)15-6-3-2-5-14(15)17/h2-3,5-6,11H,4,7-10H2,1H3. The van der Waals surface area contributed by atoms with Crippen LogP contribution in [-0.4, -0.2) is 45.2 Å². The van der Waals surface area contributed by atoms with E-state index < -0.39 is 0 Å². The van der Waals surface area contributed by atoms with Crippen LogP contribution in [-0.2, 0) is 0 Å². The number of aromatic nitrogens is 2. The van der Waals surface area contributed by atoms with Crippen molar-refractivity contribution in [2.24, 2.45) is 0 Å². The zero-order valence-corrected chi connectivity index (χ0v) is 13.3. The molecule has 6 heteroatoms. The summed E-state index contributed by atoms with van der Waals surface area (Å²) in [5.74, 6) is 1.70. The number of benzene rings is 1. The smallest absolute Gasteiger partial charge is 0.257 e. The summed E-state index contributed by atoms with van der Waals surface area (Å²) in [4.78, 5) is 14.5. The number of thioether (sulfide) groups is 1. The average molecular weight is 319 g/mol. The van der Waals surface area contributed by atoms with E-state index in [1.807, 2.05) is 16.7 Å². The van der Waals surface area contributed by atoms with Crippen LogP contribution in [0.25, 0.3) is 5.69 Å². The van der Waals surface area contributed by atoms with E-state index in [9.17, 15) is 9.18 Å². The van der Waals surface area contributed by atoms with E-state index in [1.165, 1.54) is 10.7 Å². The van der Waals surface area contributed by atoms with Gasteiger partial charge in [0.25, 0.3) is 5.91 Å². The molecule has 0 radical (unpaired) electrons. The third-order valence-corrected chi connectivity index (χ3v) is 4.88. The first-order chi connectivity index (χ1) is 10.7. The lowest BCUT2D eigenvalue weighted by atomic mass is 10.2. The van der Waals surface area contributed by atoms with Crippen molar-refractivity contribution < 1.29 is 9.18 Å². The van der Waals surface area contributed by atoms with Crippen LogP contribution in [0, 0.1) is 12.7 Å². The molecule has 4 nitrogen and oxygen atoms in total. The normalized spacial score (nSPS) is 15.6. The molecule has 0 aliphatic carbocycles. The number of carbonyl (C=O) groups is 1. The largest absolute Gasteiger partial charge is 0.338 e. The van der Waals surface area contributed by atoms with Gasteiger partial charge in [0.05, 0.1) is 17.5 Å². The highest BCUT2D eigenvalue weighted by molar-refractivity contribution is 7.99. The number of nitrogens with zero attached hydrogens (tertiary/aromatic N) is 3.